The van der Waals surface area contributed by atoms with Gasteiger partial charge in [0.05, 0.1) is 4.91 Å². The third kappa shape index (κ3) is 3.55. The van der Waals surface area contributed by atoms with E-state index in [4.69, 9.17) is 22.7 Å². The molecule has 0 unspecified atom stereocenters. The summed E-state index contributed by atoms with van der Waals surface area (Å²) in [5.74, 6) is -0.309. The van der Waals surface area contributed by atoms with Gasteiger partial charge in [-0.05, 0) is 12.1 Å². The molecule has 1 aromatic carbocycles. The zero-order valence-corrected chi connectivity index (χ0v) is 11.3. The summed E-state index contributed by atoms with van der Waals surface area (Å²) in [6, 6.07) is 7.05. The first kappa shape index (κ1) is 13.6. The predicted molar refractivity (Wildman–Crippen MR) is 77.4 cm³/mol. The lowest BCUT2D eigenvalue weighted by Crippen LogP contribution is -2.20. The van der Waals surface area contributed by atoms with E-state index in [-0.39, 0.29) is 12.5 Å². The number of primary amides is 1. The van der Waals surface area contributed by atoms with Crippen molar-refractivity contribution in [2.24, 2.45) is 5.73 Å². The SMILES string of the molecule is NC(=O)COc1ccccc1/C=C1\SC(=S)NC1=O. The van der Waals surface area contributed by atoms with E-state index in [9.17, 15) is 9.59 Å². The lowest BCUT2D eigenvalue weighted by atomic mass is 10.2. The summed E-state index contributed by atoms with van der Waals surface area (Å²) < 4.78 is 5.70. The van der Waals surface area contributed by atoms with Gasteiger partial charge >= 0.3 is 0 Å². The number of para-hydroxylation sites is 1. The standard InChI is InChI=1S/C12H10N2O3S2/c13-10(15)6-17-8-4-2-1-3-7(8)5-9-11(16)14-12(18)19-9/h1-5H,6H2,(H2,13,15)(H,14,16,18)/b9-5-. The molecule has 0 atom stereocenters. The monoisotopic (exact) mass is 294 g/mol. The number of ether oxygens (including phenoxy) is 1. The number of carbonyl (C=O) groups is 2. The Morgan fingerprint density at radius 1 is 1.47 bits per heavy atom. The maximum absolute atomic E-state index is 11.6. The molecule has 1 aliphatic heterocycles. The molecule has 0 aliphatic carbocycles. The molecular formula is C12H10N2O3S2. The van der Waals surface area contributed by atoms with Gasteiger partial charge in [-0.3, -0.25) is 9.59 Å². The summed E-state index contributed by atoms with van der Waals surface area (Å²) in [7, 11) is 0. The van der Waals surface area contributed by atoms with Crippen LogP contribution in [-0.2, 0) is 9.59 Å². The molecular weight excluding hydrogens is 284 g/mol. The van der Waals surface area contributed by atoms with E-state index >= 15 is 0 Å². The Morgan fingerprint density at radius 2 is 2.21 bits per heavy atom. The van der Waals surface area contributed by atoms with Crippen molar-refractivity contribution in [3.8, 4) is 5.75 Å². The Hall–Kier alpha value is -1.86. The number of carbonyl (C=O) groups excluding carboxylic acids is 2. The molecule has 0 bridgehead atoms. The molecule has 1 fully saturated rings. The second-order valence-corrected chi connectivity index (χ2v) is 5.36. The average Bonchev–Trinajstić information content (AvgIpc) is 2.67. The van der Waals surface area contributed by atoms with Crippen molar-refractivity contribution in [2.45, 2.75) is 0 Å². The zero-order valence-electron chi connectivity index (χ0n) is 9.71. The van der Waals surface area contributed by atoms with Crippen LogP contribution < -0.4 is 15.8 Å². The first-order valence-electron chi connectivity index (χ1n) is 5.31. The second-order valence-electron chi connectivity index (χ2n) is 3.65. The van der Waals surface area contributed by atoms with Gasteiger partial charge in [-0.15, -0.1) is 0 Å². The van der Waals surface area contributed by atoms with Gasteiger partial charge in [-0.2, -0.15) is 0 Å². The highest BCUT2D eigenvalue weighted by molar-refractivity contribution is 8.26. The zero-order chi connectivity index (χ0) is 13.8. The molecule has 1 heterocycles. The Kier molecular flexibility index (Phi) is 4.18. The summed E-state index contributed by atoms with van der Waals surface area (Å²) in [6.07, 6.45) is 1.66. The number of benzene rings is 1. The van der Waals surface area contributed by atoms with Gasteiger partial charge < -0.3 is 15.8 Å². The highest BCUT2D eigenvalue weighted by Crippen LogP contribution is 2.29. The van der Waals surface area contributed by atoms with Crippen molar-refractivity contribution in [2.75, 3.05) is 6.61 Å². The number of thiocarbonyl (C=S) groups is 1. The van der Waals surface area contributed by atoms with Crippen LogP contribution in [0.2, 0.25) is 0 Å². The van der Waals surface area contributed by atoms with Gasteiger partial charge in [0.15, 0.2) is 6.61 Å². The average molecular weight is 294 g/mol. The Bertz CT molecular complexity index is 584. The van der Waals surface area contributed by atoms with Crippen molar-refractivity contribution in [1.29, 1.82) is 0 Å². The van der Waals surface area contributed by atoms with Crippen LogP contribution in [0.4, 0.5) is 0 Å². The van der Waals surface area contributed by atoms with Crippen LogP contribution in [0, 0.1) is 0 Å². The van der Waals surface area contributed by atoms with Crippen molar-refractivity contribution in [3.63, 3.8) is 0 Å². The molecule has 0 spiro atoms. The quantitative estimate of drug-likeness (QED) is 0.640. The lowest BCUT2D eigenvalue weighted by Gasteiger charge is -2.07. The molecule has 5 nitrogen and oxygen atoms in total. The highest BCUT2D eigenvalue weighted by atomic mass is 32.2. The maximum Gasteiger partial charge on any atom is 0.263 e. The van der Waals surface area contributed by atoms with Crippen molar-refractivity contribution < 1.29 is 14.3 Å². The molecule has 0 saturated carbocycles. The van der Waals surface area contributed by atoms with Crippen molar-refractivity contribution in [3.05, 3.63) is 34.7 Å². The van der Waals surface area contributed by atoms with E-state index in [1.807, 2.05) is 0 Å². The van der Waals surface area contributed by atoms with E-state index < -0.39 is 5.91 Å². The Labute approximate surface area is 119 Å². The van der Waals surface area contributed by atoms with Gasteiger partial charge in [-0.25, -0.2) is 0 Å². The minimum Gasteiger partial charge on any atom is -0.483 e. The van der Waals surface area contributed by atoms with E-state index in [1.54, 1.807) is 30.3 Å². The Morgan fingerprint density at radius 3 is 2.84 bits per heavy atom. The van der Waals surface area contributed by atoms with Crippen molar-refractivity contribution in [1.82, 2.24) is 5.32 Å². The summed E-state index contributed by atoms with van der Waals surface area (Å²) in [5.41, 5.74) is 5.72. The van der Waals surface area contributed by atoms with Gasteiger partial charge in [-0.1, -0.05) is 42.2 Å². The molecule has 98 valence electrons. The van der Waals surface area contributed by atoms with Crippen LogP contribution in [0.15, 0.2) is 29.2 Å². The van der Waals surface area contributed by atoms with E-state index in [2.05, 4.69) is 5.32 Å². The van der Waals surface area contributed by atoms with Crippen LogP contribution >= 0.6 is 24.0 Å². The number of nitrogens with one attached hydrogen (secondary N) is 1. The highest BCUT2D eigenvalue weighted by Gasteiger charge is 2.22. The van der Waals surface area contributed by atoms with Gasteiger partial charge in [0.25, 0.3) is 11.8 Å². The Balaban J connectivity index is 2.25. The van der Waals surface area contributed by atoms with E-state index in [1.165, 1.54) is 11.8 Å². The molecule has 0 aromatic heterocycles. The smallest absolute Gasteiger partial charge is 0.263 e. The molecule has 1 aliphatic rings. The van der Waals surface area contributed by atoms with Crippen LogP contribution in [0.5, 0.6) is 5.75 Å². The summed E-state index contributed by atoms with van der Waals surface area (Å²) in [4.78, 5) is 22.8. The summed E-state index contributed by atoms with van der Waals surface area (Å²) in [6.45, 7) is -0.210. The molecule has 0 radical (unpaired) electrons. The fourth-order valence-electron chi connectivity index (χ4n) is 1.44. The molecule has 2 amide bonds. The van der Waals surface area contributed by atoms with Crippen LogP contribution in [0.3, 0.4) is 0 Å². The molecule has 1 aromatic rings. The predicted octanol–water partition coefficient (Wildman–Crippen LogP) is 1.04. The third-order valence-corrected chi connectivity index (χ3v) is 3.38. The van der Waals surface area contributed by atoms with E-state index in [0.29, 0.717) is 20.5 Å². The number of rotatable bonds is 4. The number of hydrogen-bond donors (Lipinski definition) is 2. The van der Waals surface area contributed by atoms with E-state index in [0.717, 1.165) is 0 Å². The van der Waals surface area contributed by atoms with Crippen LogP contribution in [0.1, 0.15) is 5.56 Å². The first-order valence-corrected chi connectivity index (χ1v) is 6.54. The second kappa shape index (κ2) is 5.85. The minimum atomic E-state index is -0.559. The van der Waals surface area contributed by atoms with Gasteiger partial charge in [0, 0.05) is 5.56 Å². The van der Waals surface area contributed by atoms with Crippen LogP contribution in [0.25, 0.3) is 6.08 Å². The summed E-state index contributed by atoms with van der Waals surface area (Å²) in [5, 5.41) is 2.53. The molecule has 2 rings (SSSR count). The number of nitrogens with two attached hydrogens (primary N) is 1. The molecule has 19 heavy (non-hydrogen) atoms. The van der Waals surface area contributed by atoms with Crippen molar-refractivity contribution >= 4 is 46.2 Å². The molecule has 7 heteroatoms. The molecule has 1 saturated heterocycles. The topological polar surface area (TPSA) is 81.4 Å². The minimum absolute atomic E-state index is 0.210. The largest absolute Gasteiger partial charge is 0.483 e. The number of hydrogen-bond acceptors (Lipinski definition) is 5. The lowest BCUT2D eigenvalue weighted by molar-refractivity contribution is -0.120. The third-order valence-electron chi connectivity index (χ3n) is 2.22. The first-order chi connectivity index (χ1) is 9.06. The number of thioether (sulfide) groups is 1. The van der Waals surface area contributed by atoms with Crippen LogP contribution in [-0.4, -0.2) is 22.7 Å². The molecule has 3 N–H and O–H groups in total. The summed E-state index contributed by atoms with van der Waals surface area (Å²) >= 11 is 6.09. The maximum atomic E-state index is 11.6. The van der Waals surface area contributed by atoms with Gasteiger partial charge in [0.2, 0.25) is 0 Å². The van der Waals surface area contributed by atoms with Gasteiger partial charge in [0.1, 0.15) is 10.1 Å². The number of amides is 2. The fraction of sp³-hybridized carbons (Fsp3) is 0.0833. The fourth-order valence-corrected chi connectivity index (χ4v) is 2.48. The normalized spacial score (nSPS) is 16.5.